The standard InChI is InChI=1S/C10H20N2OS/c1-8(14-3)10(13)11-9-4-6-12(2)7-5-9/h8-9H,4-7H2,1-3H3,(H,11,13)/t8-/m1/s1. The number of thioether (sulfide) groups is 1. The number of nitrogens with one attached hydrogen (secondary N) is 1. The first-order chi connectivity index (χ1) is 6.63. The molecule has 0 bridgehead atoms. The topological polar surface area (TPSA) is 32.3 Å². The van der Waals surface area contributed by atoms with Gasteiger partial charge in [-0.25, -0.2) is 0 Å². The van der Waals surface area contributed by atoms with Crippen LogP contribution in [0.3, 0.4) is 0 Å². The van der Waals surface area contributed by atoms with Crippen LogP contribution in [0.25, 0.3) is 0 Å². The molecule has 0 aromatic heterocycles. The van der Waals surface area contributed by atoms with E-state index in [1.54, 1.807) is 11.8 Å². The number of nitrogens with zero attached hydrogens (tertiary/aromatic N) is 1. The molecular weight excluding hydrogens is 196 g/mol. The first-order valence-electron chi connectivity index (χ1n) is 5.15. The SMILES string of the molecule is CS[C@H](C)C(=O)NC1CCN(C)CC1. The predicted octanol–water partition coefficient (Wildman–Crippen LogP) is 0.948. The third-order valence-electron chi connectivity index (χ3n) is 2.79. The summed E-state index contributed by atoms with van der Waals surface area (Å²) in [6.07, 6.45) is 4.14. The van der Waals surface area contributed by atoms with Gasteiger partial charge in [0.25, 0.3) is 0 Å². The van der Waals surface area contributed by atoms with E-state index >= 15 is 0 Å². The third kappa shape index (κ3) is 3.50. The summed E-state index contributed by atoms with van der Waals surface area (Å²) in [5.74, 6) is 0.187. The van der Waals surface area contributed by atoms with E-state index in [0.29, 0.717) is 6.04 Å². The molecule has 1 atom stereocenters. The average Bonchev–Trinajstić information content (AvgIpc) is 2.20. The van der Waals surface area contributed by atoms with Gasteiger partial charge in [0, 0.05) is 6.04 Å². The van der Waals surface area contributed by atoms with E-state index in [-0.39, 0.29) is 11.2 Å². The molecule has 1 heterocycles. The molecule has 0 radical (unpaired) electrons. The number of carbonyl (C=O) groups excluding carboxylic acids is 1. The van der Waals surface area contributed by atoms with Gasteiger partial charge in [-0.1, -0.05) is 0 Å². The normalized spacial score (nSPS) is 21.9. The number of piperidine rings is 1. The van der Waals surface area contributed by atoms with Crippen molar-refractivity contribution in [3.05, 3.63) is 0 Å². The molecule has 0 aliphatic carbocycles. The summed E-state index contributed by atoms with van der Waals surface area (Å²) in [5.41, 5.74) is 0. The van der Waals surface area contributed by atoms with Crippen LogP contribution in [0.1, 0.15) is 19.8 Å². The van der Waals surface area contributed by atoms with Crippen molar-refractivity contribution in [2.75, 3.05) is 26.4 Å². The van der Waals surface area contributed by atoms with Crippen LogP contribution in [0.2, 0.25) is 0 Å². The molecule has 0 unspecified atom stereocenters. The highest BCUT2D eigenvalue weighted by Gasteiger charge is 2.20. The Balaban J connectivity index is 2.27. The lowest BCUT2D eigenvalue weighted by Crippen LogP contribution is -2.45. The number of amides is 1. The Bertz CT molecular complexity index is 191. The molecule has 0 aromatic rings. The zero-order valence-electron chi connectivity index (χ0n) is 9.25. The zero-order chi connectivity index (χ0) is 10.6. The predicted molar refractivity (Wildman–Crippen MR) is 61.6 cm³/mol. The fraction of sp³-hybridized carbons (Fsp3) is 0.900. The highest BCUT2D eigenvalue weighted by atomic mass is 32.2. The smallest absolute Gasteiger partial charge is 0.233 e. The maximum Gasteiger partial charge on any atom is 0.233 e. The molecule has 1 aliphatic heterocycles. The molecule has 0 aromatic carbocycles. The summed E-state index contributed by atoms with van der Waals surface area (Å²) in [4.78, 5) is 13.9. The lowest BCUT2D eigenvalue weighted by atomic mass is 10.1. The molecule has 1 fully saturated rings. The zero-order valence-corrected chi connectivity index (χ0v) is 10.1. The first kappa shape index (κ1) is 11.9. The molecule has 0 spiro atoms. The lowest BCUT2D eigenvalue weighted by molar-refractivity contribution is -0.121. The Morgan fingerprint density at radius 1 is 1.50 bits per heavy atom. The van der Waals surface area contributed by atoms with E-state index in [9.17, 15) is 4.79 Å². The van der Waals surface area contributed by atoms with Crippen LogP contribution < -0.4 is 5.32 Å². The molecular formula is C10H20N2OS. The van der Waals surface area contributed by atoms with Crippen molar-refractivity contribution in [1.82, 2.24) is 10.2 Å². The molecule has 82 valence electrons. The van der Waals surface area contributed by atoms with Crippen molar-refractivity contribution in [3.8, 4) is 0 Å². The quantitative estimate of drug-likeness (QED) is 0.762. The van der Waals surface area contributed by atoms with Crippen molar-refractivity contribution >= 4 is 17.7 Å². The summed E-state index contributed by atoms with van der Waals surface area (Å²) in [5, 5.41) is 3.18. The van der Waals surface area contributed by atoms with E-state index in [1.807, 2.05) is 13.2 Å². The third-order valence-corrected chi connectivity index (χ3v) is 3.71. The van der Waals surface area contributed by atoms with Gasteiger partial charge in [-0.3, -0.25) is 4.79 Å². The van der Waals surface area contributed by atoms with Crippen LogP contribution in [0.5, 0.6) is 0 Å². The van der Waals surface area contributed by atoms with Crippen LogP contribution >= 0.6 is 11.8 Å². The summed E-state index contributed by atoms with van der Waals surface area (Å²) in [6.45, 7) is 4.14. The van der Waals surface area contributed by atoms with Crippen LogP contribution in [0.15, 0.2) is 0 Å². The second-order valence-corrected chi connectivity index (χ2v) is 5.14. The largest absolute Gasteiger partial charge is 0.352 e. The van der Waals surface area contributed by atoms with Gasteiger partial charge >= 0.3 is 0 Å². The van der Waals surface area contributed by atoms with Gasteiger partial charge in [0.15, 0.2) is 0 Å². The fourth-order valence-electron chi connectivity index (χ4n) is 1.58. The van der Waals surface area contributed by atoms with Crippen molar-refractivity contribution in [2.45, 2.75) is 31.1 Å². The Hall–Kier alpha value is -0.220. The minimum absolute atomic E-state index is 0.0784. The second-order valence-electron chi connectivity index (χ2n) is 3.96. The highest BCUT2D eigenvalue weighted by molar-refractivity contribution is 7.99. The molecule has 1 rings (SSSR count). The summed E-state index contributed by atoms with van der Waals surface area (Å²) in [6, 6.07) is 0.397. The van der Waals surface area contributed by atoms with Gasteiger partial charge in [0.1, 0.15) is 0 Å². The van der Waals surface area contributed by atoms with E-state index in [0.717, 1.165) is 25.9 Å². The average molecular weight is 216 g/mol. The maximum atomic E-state index is 11.6. The fourth-order valence-corrected chi connectivity index (χ4v) is 1.86. The lowest BCUT2D eigenvalue weighted by Gasteiger charge is -2.30. The van der Waals surface area contributed by atoms with Gasteiger partial charge in [-0.15, -0.1) is 0 Å². The van der Waals surface area contributed by atoms with Crippen LogP contribution in [-0.2, 0) is 4.79 Å². The van der Waals surface area contributed by atoms with Gasteiger partial charge in [0.05, 0.1) is 5.25 Å². The first-order valence-corrected chi connectivity index (χ1v) is 6.44. The van der Waals surface area contributed by atoms with Gasteiger partial charge in [0.2, 0.25) is 5.91 Å². The molecule has 1 N–H and O–H groups in total. The summed E-state index contributed by atoms with van der Waals surface area (Å²) < 4.78 is 0. The number of hydrogen-bond donors (Lipinski definition) is 1. The van der Waals surface area contributed by atoms with E-state index in [1.165, 1.54) is 0 Å². The molecule has 3 nitrogen and oxygen atoms in total. The van der Waals surface area contributed by atoms with Crippen LogP contribution in [-0.4, -0.2) is 48.5 Å². The Morgan fingerprint density at radius 3 is 2.57 bits per heavy atom. The van der Waals surface area contributed by atoms with E-state index in [2.05, 4.69) is 17.3 Å². The van der Waals surface area contributed by atoms with Crippen molar-refractivity contribution in [1.29, 1.82) is 0 Å². The van der Waals surface area contributed by atoms with Crippen molar-refractivity contribution in [3.63, 3.8) is 0 Å². The minimum atomic E-state index is 0.0784. The monoisotopic (exact) mass is 216 g/mol. The second kappa shape index (κ2) is 5.61. The van der Waals surface area contributed by atoms with E-state index in [4.69, 9.17) is 0 Å². The molecule has 14 heavy (non-hydrogen) atoms. The van der Waals surface area contributed by atoms with E-state index < -0.39 is 0 Å². The molecule has 4 heteroatoms. The molecule has 1 saturated heterocycles. The minimum Gasteiger partial charge on any atom is -0.352 e. The van der Waals surface area contributed by atoms with Gasteiger partial charge < -0.3 is 10.2 Å². The van der Waals surface area contributed by atoms with Gasteiger partial charge in [-0.05, 0) is 46.2 Å². The van der Waals surface area contributed by atoms with Crippen LogP contribution in [0, 0.1) is 0 Å². The molecule has 0 saturated carbocycles. The van der Waals surface area contributed by atoms with Crippen molar-refractivity contribution < 1.29 is 4.79 Å². The number of carbonyl (C=O) groups is 1. The van der Waals surface area contributed by atoms with Crippen LogP contribution in [0.4, 0.5) is 0 Å². The molecule has 1 amide bonds. The number of hydrogen-bond acceptors (Lipinski definition) is 3. The Morgan fingerprint density at radius 2 is 2.07 bits per heavy atom. The van der Waals surface area contributed by atoms with Gasteiger partial charge in [-0.2, -0.15) is 11.8 Å². The summed E-state index contributed by atoms with van der Waals surface area (Å²) >= 11 is 1.60. The Labute approximate surface area is 90.6 Å². The number of rotatable bonds is 3. The number of likely N-dealkylation sites (tertiary alicyclic amines) is 1. The highest BCUT2D eigenvalue weighted by Crippen LogP contribution is 2.10. The molecule has 1 aliphatic rings. The maximum absolute atomic E-state index is 11.6. The van der Waals surface area contributed by atoms with Crippen molar-refractivity contribution in [2.24, 2.45) is 0 Å². The Kier molecular flexibility index (Phi) is 4.75. The summed E-state index contributed by atoms with van der Waals surface area (Å²) in [7, 11) is 2.13.